The zero-order chi connectivity index (χ0) is 18.7. The van der Waals surface area contributed by atoms with E-state index in [1.54, 1.807) is 6.07 Å². The Morgan fingerprint density at radius 1 is 1.12 bits per heavy atom. The predicted molar refractivity (Wildman–Crippen MR) is 91.0 cm³/mol. The smallest absolute Gasteiger partial charge is 0.387 e. The van der Waals surface area contributed by atoms with Gasteiger partial charge in [0, 0.05) is 5.56 Å². The Kier molecular flexibility index (Phi) is 4.97. The van der Waals surface area contributed by atoms with Gasteiger partial charge in [-0.15, -0.1) is 0 Å². The van der Waals surface area contributed by atoms with Gasteiger partial charge in [-0.2, -0.15) is 8.78 Å². The SMILES string of the molecule is CC(C)(NC(=O)c1cccc(OC(F)F)c1)c1ccc2c(c1)OCCO2. The Balaban J connectivity index is 1.77. The Bertz CT molecular complexity index is 808. The molecule has 0 atom stereocenters. The van der Waals surface area contributed by atoms with E-state index in [-0.39, 0.29) is 11.3 Å². The fraction of sp³-hybridized carbons (Fsp3) is 0.316. The Labute approximate surface area is 149 Å². The van der Waals surface area contributed by atoms with Crippen molar-refractivity contribution >= 4 is 5.91 Å². The molecule has 1 aliphatic rings. The van der Waals surface area contributed by atoms with E-state index < -0.39 is 18.1 Å². The lowest BCUT2D eigenvalue weighted by atomic mass is 9.93. The van der Waals surface area contributed by atoms with Crippen LogP contribution in [0.25, 0.3) is 0 Å². The normalized spacial score (nSPS) is 13.4. The van der Waals surface area contributed by atoms with Crippen molar-refractivity contribution in [3.05, 3.63) is 53.6 Å². The van der Waals surface area contributed by atoms with Crippen molar-refractivity contribution in [2.75, 3.05) is 13.2 Å². The van der Waals surface area contributed by atoms with Crippen LogP contribution in [0.5, 0.6) is 17.2 Å². The van der Waals surface area contributed by atoms with Crippen LogP contribution in [-0.2, 0) is 5.54 Å². The van der Waals surface area contributed by atoms with Crippen molar-refractivity contribution in [2.45, 2.75) is 26.0 Å². The van der Waals surface area contributed by atoms with E-state index in [0.717, 1.165) is 5.56 Å². The first-order chi connectivity index (χ1) is 12.3. The fourth-order valence-electron chi connectivity index (χ4n) is 2.67. The van der Waals surface area contributed by atoms with Gasteiger partial charge in [-0.05, 0) is 49.7 Å². The average Bonchev–Trinajstić information content (AvgIpc) is 2.60. The quantitative estimate of drug-likeness (QED) is 0.880. The third-order valence-corrected chi connectivity index (χ3v) is 4.01. The first kappa shape index (κ1) is 18.0. The molecule has 0 fully saturated rings. The summed E-state index contributed by atoms with van der Waals surface area (Å²) in [5.74, 6) is 0.830. The Morgan fingerprint density at radius 3 is 2.58 bits per heavy atom. The van der Waals surface area contributed by atoms with Gasteiger partial charge < -0.3 is 19.5 Å². The second-order valence-corrected chi connectivity index (χ2v) is 6.34. The van der Waals surface area contributed by atoms with E-state index in [1.807, 2.05) is 26.0 Å². The van der Waals surface area contributed by atoms with Gasteiger partial charge in [0.15, 0.2) is 11.5 Å². The van der Waals surface area contributed by atoms with Gasteiger partial charge in [-0.1, -0.05) is 12.1 Å². The molecule has 0 bridgehead atoms. The monoisotopic (exact) mass is 363 g/mol. The van der Waals surface area contributed by atoms with Gasteiger partial charge in [0.1, 0.15) is 19.0 Å². The maximum Gasteiger partial charge on any atom is 0.387 e. The van der Waals surface area contributed by atoms with Crippen LogP contribution < -0.4 is 19.5 Å². The van der Waals surface area contributed by atoms with Gasteiger partial charge in [-0.25, -0.2) is 0 Å². The van der Waals surface area contributed by atoms with Crippen LogP contribution in [0.2, 0.25) is 0 Å². The number of fused-ring (bicyclic) bond motifs is 1. The maximum atomic E-state index is 12.6. The largest absolute Gasteiger partial charge is 0.486 e. The van der Waals surface area contributed by atoms with E-state index in [0.29, 0.717) is 24.7 Å². The molecule has 0 spiro atoms. The molecule has 1 heterocycles. The Morgan fingerprint density at radius 2 is 1.85 bits per heavy atom. The molecule has 2 aromatic carbocycles. The lowest BCUT2D eigenvalue weighted by Crippen LogP contribution is -2.41. The summed E-state index contributed by atoms with van der Waals surface area (Å²) in [7, 11) is 0. The first-order valence-corrected chi connectivity index (χ1v) is 8.13. The van der Waals surface area contributed by atoms with Crippen LogP contribution >= 0.6 is 0 Å². The minimum Gasteiger partial charge on any atom is -0.486 e. The summed E-state index contributed by atoms with van der Waals surface area (Å²) in [6, 6.07) is 11.2. The summed E-state index contributed by atoms with van der Waals surface area (Å²) >= 11 is 0. The summed E-state index contributed by atoms with van der Waals surface area (Å²) in [4.78, 5) is 12.6. The number of amides is 1. The molecule has 1 amide bonds. The van der Waals surface area contributed by atoms with Crippen molar-refractivity contribution < 1.29 is 27.8 Å². The molecule has 0 unspecified atom stereocenters. The molecule has 0 saturated carbocycles. The second-order valence-electron chi connectivity index (χ2n) is 6.34. The molecule has 0 saturated heterocycles. The highest BCUT2D eigenvalue weighted by molar-refractivity contribution is 5.95. The maximum absolute atomic E-state index is 12.6. The van der Waals surface area contributed by atoms with Crippen LogP contribution in [0.1, 0.15) is 29.8 Å². The molecule has 3 rings (SSSR count). The van der Waals surface area contributed by atoms with E-state index >= 15 is 0 Å². The molecule has 138 valence electrons. The molecule has 5 nitrogen and oxygen atoms in total. The number of rotatable bonds is 5. The van der Waals surface area contributed by atoms with Crippen LogP contribution in [0.3, 0.4) is 0 Å². The van der Waals surface area contributed by atoms with Crippen LogP contribution in [0.4, 0.5) is 8.78 Å². The van der Waals surface area contributed by atoms with Crippen LogP contribution in [0, 0.1) is 0 Å². The molecule has 0 radical (unpaired) electrons. The lowest BCUT2D eigenvalue weighted by Gasteiger charge is -2.29. The molecule has 0 aliphatic carbocycles. The third kappa shape index (κ3) is 4.04. The van der Waals surface area contributed by atoms with Crippen molar-refractivity contribution in [1.29, 1.82) is 0 Å². The summed E-state index contributed by atoms with van der Waals surface area (Å²) in [5.41, 5.74) is 0.343. The second kappa shape index (κ2) is 7.19. The zero-order valence-electron chi connectivity index (χ0n) is 14.4. The molecule has 1 aliphatic heterocycles. The molecular weight excluding hydrogens is 344 g/mol. The summed E-state index contributed by atoms with van der Waals surface area (Å²) in [6.45, 7) is 1.72. The number of nitrogens with one attached hydrogen (secondary N) is 1. The van der Waals surface area contributed by atoms with Crippen LogP contribution in [-0.4, -0.2) is 25.7 Å². The number of hydrogen-bond acceptors (Lipinski definition) is 4. The van der Waals surface area contributed by atoms with Crippen molar-refractivity contribution in [1.82, 2.24) is 5.32 Å². The highest BCUT2D eigenvalue weighted by Crippen LogP contribution is 2.34. The number of carbonyl (C=O) groups excluding carboxylic acids is 1. The molecular formula is C19H19F2NO4. The lowest BCUT2D eigenvalue weighted by molar-refractivity contribution is -0.0498. The first-order valence-electron chi connectivity index (χ1n) is 8.13. The topological polar surface area (TPSA) is 56.8 Å². The molecule has 1 N–H and O–H groups in total. The number of alkyl halides is 2. The minimum atomic E-state index is -2.94. The highest BCUT2D eigenvalue weighted by Gasteiger charge is 2.26. The van der Waals surface area contributed by atoms with E-state index in [4.69, 9.17) is 9.47 Å². The molecule has 7 heteroatoms. The third-order valence-electron chi connectivity index (χ3n) is 4.01. The number of benzene rings is 2. The molecule has 26 heavy (non-hydrogen) atoms. The van der Waals surface area contributed by atoms with Gasteiger partial charge in [0.25, 0.3) is 5.91 Å². The summed E-state index contributed by atoms with van der Waals surface area (Å²) < 4.78 is 40.1. The van der Waals surface area contributed by atoms with E-state index in [9.17, 15) is 13.6 Å². The average molecular weight is 363 g/mol. The van der Waals surface area contributed by atoms with Crippen LogP contribution in [0.15, 0.2) is 42.5 Å². The summed E-state index contributed by atoms with van der Waals surface area (Å²) in [6.07, 6.45) is 0. The highest BCUT2D eigenvalue weighted by atomic mass is 19.3. The van der Waals surface area contributed by atoms with Gasteiger partial charge in [0.05, 0.1) is 5.54 Å². The Hall–Kier alpha value is -2.83. The van der Waals surface area contributed by atoms with Gasteiger partial charge in [0.2, 0.25) is 0 Å². The number of hydrogen-bond donors (Lipinski definition) is 1. The molecule has 0 aromatic heterocycles. The number of halogens is 2. The minimum absolute atomic E-state index is 0.0650. The summed E-state index contributed by atoms with van der Waals surface area (Å²) in [5, 5.41) is 2.90. The number of carbonyl (C=O) groups is 1. The molecule has 2 aromatic rings. The van der Waals surface area contributed by atoms with Gasteiger partial charge in [-0.3, -0.25) is 4.79 Å². The van der Waals surface area contributed by atoms with E-state index in [2.05, 4.69) is 10.1 Å². The van der Waals surface area contributed by atoms with E-state index in [1.165, 1.54) is 24.3 Å². The zero-order valence-corrected chi connectivity index (χ0v) is 14.4. The fourth-order valence-corrected chi connectivity index (χ4v) is 2.67. The van der Waals surface area contributed by atoms with Crippen molar-refractivity contribution in [3.63, 3.8) is 0 Å². The van der Waals surface area contributed by atoms with Crippen molar-refractivity contribution in [2.24, 2.45) is 0 Å². The van der Waals surface area contributed by atoms with Gasteiger partial charge >= 0.3 is 6.61 Å². The predicted octanol–water partition coefficient (Wildman–Crippen LogP) is 3.72. The standard InChI is InChI=1S/C19H19F2NO4/c1-19(2,13-6-7-15-16(11-13)25-9-8-24-15)22-17(23)12-4-3-5-14(10-12)26-18(20)21/h3-7,10-11,18H,8-9H2,1-2H3,(H,22,23). The number of ether oxygens (including phenoxy) is 3. The van der Waals surface area contributed by atoms with Crippen molar-refractivity contribution in [3.8, 4) is 17.2 Å².